The van der Waals surface area contributed by atoms with Crippen molar-refractivity contribution in [1.82, 2.24) is 10.3 Å². The first-order valence-electron chi connectivity index (χ1n) is 7.00. The Bertz CT molecular complexity index is 297. The van der Waals surface area contributed by atoms with Crippen LogP contribution in [0, 0.1) is 5.92 Å². The second-order valence-electron chi connectivity index (χ2n) is 5.17. The highest BCUT2D eigenvalue weighted by Crippen LogP contribution is 2.27. The molecule has 1 N–H and O–H groups in total. The van der Waals surface area contributed by atoms with Crippen molar-refractivity contribution >= 4 is 11.3 Å². The predicted octanol–water partition coefficient (Wildman–Crippen LogP) is 3.63. The van der Waals surface area contributed by atoms with Crippen LogP contribution in [-0.4, -0.2) is 17.6 Å². The van der Waals surface area contributed by atoms with Crippen molar-refractivity contribution in [2.45, 2.75) is 57.9 Å². The zero-order valence-electron chi connectivity index (χ0n) is 10.8. The minimum Gasteiger partial charge on any atom is -0.314 e. The molecule has 0 radical (unpaired) electrons. The van der Waals surface area contributed by atoms with Gasteiger partial charge in [-0.05, 0) is 38.1 Å². The van der Waals surface area contributed by atoms with Crippen LogP contribution in [0.2, 0.25) is 0 Å². The zero-order valence-corrected chi connectivity index (χ0v) is 11.6. The summed E-state index contributed by atoms with van der Waals surface area (Å²) in [4.78, 5) is 4.43. The van der Waals surface area contributed by atoms with Crippen molar-refractivity contribution in [1.29, 1.82) is 0 Å². The molecular weight excluding hydrogens is 228 g/mol. The van der Waals surface area contributed by atoms with Crippen molar-refractivity contribution in [3.05, 3.63) is 16.6 Å². The lowest BCUT2D eigenvalue weighted by Gasteiger charge is -2.20. The first-order chi connectivity index (χ1) is 8.38. The fraction of sp³-hybridized carbons (Fsp3) is 0.786. The van der Waals surface area contributed by atoms with Crippen LogP contribution in [0.3, 0.4) is 0 Å². The standard InChI is InChI=1S/C14H24N2S/c1-2-7-15-13-6-4-3-5-12(10-13)11-14-16-8-9-17-14/h8-9,12-13,15H,2-7,10-11H2,1H3. The van der Waals surface area contributed by atoms with E-state index >= 15 is 0 Å². The Labute approximate surface area is 109 Å². The molecule has 1 fully saturated rings. The first-order valence-corrected chi connectivity index (χ1v) is 7.88. The summed E-state index contributed by atoms with van der Waals surface area (Å²) in [7, 11) is 0. The minimum absolute atomic E-state index is 0.752. The first kappa shape index (κ1) is 13.0. The highest BCUT2D eigenvalue weighted by atomic mass is 32.1. The number of nitrogens with zero attached hydrogens (tertiary/aromatic N) is 1. The normalized spacial score (nSPS) is 25.7. The molecule has 3 heteroatoms. The van der Waals surface area contributed by atoms with Gasteiger partial charge in [-0.3, -0.25) is 0 Å². The predicted molar refractivity (Wildman–Crippen MR) is 74.5 cm³/mol. The van der Waals surface area contributed by atoms with Gasteiger partial charge in [0.25, 0.3) is 0 Å². The van der Waals surface area contributed by atoms with Crippen molar-refractivity contribution in [2.75, 3.05) is 6.54 Å². The third-order valence-corrected chi connectivity index (χ3v) is 4.46. The summed E-state index contributed by atoms with van der Waals surface area (Å²) in [5.74, 6) is 0.845. The number of rotatable bonds is 5. The van der Waals surface area contributed by atoms with Crippen LogP contribution in [0.1, 0.15) is 50.5 Å². The van der Waals surface area contributed by atoms with Crippen molar-refractivity contribution in [2.24, 2.45) is 5.92 Å². The maximum absolute atomic E-state index is 4.43. The van der Waals surface area contributed by atoms with Gasteiger partial charge in [0, 0.05) is 24.0 Å². The van der Waals surface area contributed by atoms with E-state index < -0.39 is 0 Å². The molecule has 0 aliphatic heterocycles. The molecule has 1 aliphatic carbocycles. The van der Waals surface area contributed by atoms with Crippen molar-refractivity contribution < 1.29 is 0 Å². The molecule has 1 aromatic rings. The maximum atomic E-state index is 4.43. The van der Waals surface area contributed by atoms with Gasteiger partial charge in [-0.1, -0.05) is 19.8 Å². The summed E-state index contributed by atoms with van der Waals surface area (Å²) in [5, 5.41) is 7.13. The van der Waals surface area contributed by atoms with Gasteiger partial charge in [0.1, 0.15) is 0 Å². The Morgan fingerprint density at radius 2 is 2.29 bits per heavy atom. The van der Waals surface area contributed by atoms with Crippen LogP contribution in [0.15, 0.2) is 11.6 Å². The molecule has 1 aromatic heterocycles. The molecule has 0 spiro atoms. The van der Waals surface area contributed by atoms with E-state index in [2.05, 4.69) is 22.6 Å². The lowest BCUT2D eigenvalue weighted by atomic mass is 9.95. The number of aromatic nitrogens is 1. The van der Waals surface area contributed by atoms with Gasteiger partial charge in [-0.15, -0.1) is 11.3 Å². The maximum Gasteiger partial charge on any atom is 0.0927 e. The van der Waals surface area contributed by atoms with Crippen LogP contribution >= 0.6 is 11.3 Å². The quantitative estimate of drug-likeness (QED) is 0.809. The largest absolute Gasteiger partial charge is 0.314 e. The summed E-state index contributed by atoms with van der Waals surface area (Å²) in [6.45, 7) is 3.42. The monoisotopic (exact) mass is 252 g/mol. The Balaban J connectivity index is 1.83. The molecule has 0 amide bonds. The summed E-state index contributed by atoms with van der Waals surface area (Å²) >= 11 is 1.81. The number of hydrogen-bond donors (Lipinski definition) is 1. The highest BCUT2D eigenvalue weighted by Gasteiger charge is 2.20. The lowest BCUT2D eigenvalue weighted by molar-refractivity contribution is 0.384. The molecule has 96 valence electrons. The molecule has 1 aliphatic rings. The van der Waals surface area contributed by atoms with Crippen LogP contribution in [0.4, 0.5) is 0 Å². The highest BCUT2D eigenvalue weighted by molar-refractivity contribution is 7.09. The average Bonchev–Trinajstić information content (AvgIpc) is 2.73. The van der Waals surface area contributed by atoms with E-state index in [0.717, 1.165) is 12.0 Å². The van der Waals surface area contributed by atoms with Gasteiger partial charge >= 0.3 is 0 Å². The number of hydrogen-bond acceptors (Lipinski definition) is 3. The second-order valence-corrected chi connectivity index (χ2v) is 6.15. The minimum atomic E-state index is 0.752. The Morgan fingerprint density at radius 3 is 3.06 bits per heavy atom. The Morgan fingerprint density at radius 1 is 1.41 bits per heavy atom. The van der Waals surface area contributed by atoms with E-state index in [1.54, 1.807) is 0 Å². The molecule has 2 unspecified atom stereocenters. The topological polar surface area (TPSA) is 24.9 Å². The van der Waals surface area contributed by atoms with E-state index in [-0.39, 0.29) is 0 Å². The summed E-state index contributed by atoms with van der Waals surface area (Å²) in [6, 6.07) is 0.752. The third-order valence-electron chi connectivity index (χ3n) is 3.66. The molecule has 17 heavy (non-hydrogen) atoms. The van der Waals surface area contributed by atoms with Crippen LogP contribution in [-0.2, 0) is 6.42 Å². The van der Waals surface area contributed by atoms with Crippen LogP contribution in [0.25, 0.3) is 0 Å². The summed E-state index contributed by atoms with van der Waals surface area (Å²) in [6.07, 6.45) is 11.3. The Hall–Kier alpha value is -0.410. The molecule has 0 saturated heterocycles. The SMILES string of the molecule is CCCNC1CCCCC(Cc2nccs2)C1. The van der Waals surface area contributed by atoms with Gasteiger partial charge in [-0.25, -0.2) is 4.98 Å². The second kappa shape index (κ2) is 7.12. The molecule has 0 bridgehead atoms. The molecule has 2 nitrogen and oxygen atoms in total. The van der Waals surface area contributed by atoms with Crippen LogP contribution in [0.5, 0.6) is 0 Å². The number of thiazole rings is 1. The van der Waals surface area contributed by atoms with E-state index in [1.165, 1.54) is 56.5 Å². The van der Waals surface area contributed by atoms with Gasteiger partial charge in [0.2, 0.25) is 0 Å². The molecule has 0 aromatic carbocycles. The third kappa shape index (κ3) is 4.40. The molecule has 1 saturated carbocycles. The molecular formula is C14H24N2S. The average molecular weight is 252 g/mol. The summed E-state index contributed by atoms with van der Waals surface area (Å²) in [5.41, 5.74) is 0. The molecule has 1 heterocycles. The summed E-state index contributed by atoms with van der Waals surface area (Å²) < 4.78 is 0. The number of nitrogens with one attached hydrogen (secondary N) is 1. The Kier molecular flexibility index (Phi) is 5.46. The van der Waals surface area contributed by atoms with E-state index in [0.29, 0.717) is 0 Å². The van der Waals surface area contributed by atoms with Gasteiger partial charge in [-0.2, -0.15) is 0 Å². The fourth-order valence-electron chi connectivity index (χ4n) is 2.78. The van der Waals surface area contributed by atoms with E-state index in [9.17, 15) is 0 Å². The smallest absolute Gasteiger partial charge is 0.0927 e. The van der Waals surface area contributed by atoms with Crippen molar-refractivity contribution in [3.8, 4) is 0 Å². The molecule has 2 atom stereocenters. The van der Waals surface area contributed by atoms with E-state index in [4.69, 9.17) is 0 Å². The van der Waals surface area contributed by atoms with Crippen LogP contribution < -0.4 is 5.32 Å². The van der Waals surface area contributed by atoms with E-state index in [1.807, 2.05) is 17.5 Å². The lowest BCUT2D eigenvalue weighted by Crippen LogP contribution is -2.31. The molecule has 2 rings (SSSR count). The fourth-order valence-corrected chi connectivity index (χ4v) is 3.51. The van der Waals surface area contributed by atoms with Gasteiger partial charge < -0.3 is 5.32 Å². The van der Waals surface area contributed by atoms with Gasteiger partial charge in [0.05, 0.1) is 5.01 Å². The van der Waals surface area contributed by atoms with Gasteiger partial charge in [0.15, 0.2) is 0 Å². The zero-order chi connectivity index (χ0) is 11.9. The van der Waals surface area contributed by atoms with Crippen molar-refractivity contribution in [3.63, 3.8) is 0 Å².